The third-order valence-corrected chi connectivity index (χ3v) is 7.21. The fourth-order valence-electron chi connectivity index (χ4n) is 6.31. The van der Waals surface area contributed by atoms with Crippen LogP contribution in [0.1, 0.15) is 64.7 Å². The molecule has 0 bridgehead atoms. The highest BCUT2D eigenvalue weighted by Gasteiger charge is 2.51. The molecule has 4 aliphatic carbocycles. The number of hydrogen-bond acceptors (Lipinski definition) is 1. The van der Waals surface area contributed by atoms with E-state index in [1.54, 1.807) is 32.1 Å². The van der Waals surface area contributed by atoms with Crippen LogP contribution in [0.3, 0.4) is 0 Å². The Labute approximate surface area is 139 Å². The van der Waals surface area contributed by atoms with E-state index in [1.807, 2.05) is 0 Å². The summed E-state index contributed by atoms with van der Waals surface area (Å²) >= 11 is 0. The maximum absolute atomic E-state index is 8.88. The largest absolute Gasteiger partial charge is 0.466 e. The van der Waals surface area contributed by atoms with E-state index >= 15 is 0 Å². The van der Waals surface area contributed by atoms with Crippen LogP contribution in [0.15, 0.2) is 12.2 Å². The van der Waals surface area contributed by atoms with Crippen molar-refractivity contribution in [3.05, 3.63) is 12.2 Å². The minimum Gasteiger partial charge on any atom is -0.303 e. The summed E-state index contributed by atoms with van der Waals surface area (Å²) in [6, 6.07) is 0. The number of phosphoric acid groups is 1. The molecule has 3 saturated carbocycles. The molecule has 1 unspecified atom stereocenters. The molecule has 0 saturated heterocycles. The molecule has 0 aliphatic heterocycles. The second-order valence-corrected chi connectivity index (χ2v) is 9.44. The molecule has 0 heterocycles. The molecule has 3 N–H and O–H groups in total. The first-order valence-corrected chi connectivity index (χ1v) is 10.8. The van der Waals surface area contributed by atoms with Crippen molar-refractivity contribution in [1.82, 2.24) is 0 Å². The van der Waals surface area contributed by atoms with Crippen LogP contribution in [0.2, 0.25) is 0 Å². The second-order valence-electron chi connectivity index (χ2n) is 8.42. The average Bonchev–Trinajstić information content (AvgIpc) is 2.87. The molecule has 0 aromatic rings. The van der Waals surface area contributed by atoms with Gasteiger partial charge >= 0.3 is 7.82 Å². The van der Waals surface area contributed by atoms with Gasteiger partial charge in [-0.05, 0) is 73.5 Å². The van der Waals surface area contributed by atoms with Gasteiger partial charge in [0.05, 0.1) is 0 Å². The molecule has 0 radical (unpaired) electrons. The molecule has 5 heteroatoms. The third-order valence-electron chi connectivity index (χ3n) is 7.21. The van der Waals surface area contributed by atoms with Crippen LogP contribution in [-0.2, 0) is 4.57 Å². The van der Waals surface area contributed by atoms with E-state index < -0.39 is 7.82 Å². The highest BCUT2D eigenvalue weighted by atomic mass is 31.2. The molecule has 0 aromatic heterocycles. The van der Waals surface area contributed by atoms with Crippen LogP contribution in [-0.4, -0.2) is 14.7 Å². The Morgan fingerprint density at radius 3 is 2.39 bits per heavy atom. The molecular weight excluding hydrogens is 311 g/mol. The Morgan fingerprint density at radius 2 is 1.65 bits per heavy atom. The monoisotopic (exact) mass is 342 g/mol. The lowest BCUT2D eigenvalue weighted by molar-refractivity contribution is -0.0399. The highest BCUT2D eigenvalue weighted by Crippen LogP contribution is 2.60. The molecule has 0 spiro atoms. The smallest absolute Gasteiger partial charge is 0.303 e. The van der Waals surface area contributed by atoms with Gasteiger partial charge in [-0.15, -0.1) is 0 Å². The predicted octanol–water partition coefficient (Wildman–Crippen LogP) is 4.27. The first kappa shape index (κ1) is 17.7. The summed E-state index contributed by atoms with van der Waals surface area (Å²) in [6.07, 6.45) is 18.8. The van der Waals surface area contributed by atoms with Gasteiger partial charge in [0.25, 0.3) is 0 Å². The molecule has 0 amide bonds. The van der Waals surface area contributed by atoms with E-state index in [1.165, 1.54) is 25.7 Å². The van der Waals surface area contributed by atoms with Gasteiger partial charge in [0.2, 0.25) is 0 Å². The summed E-state index contributed by atoms with van der Waals surface area (Å²) in [5.41, 5.74) is 0.586. The van der Waals surface area contributed by atoms with Gasteiger partial charge in [-0.3, -0.25) is 0 Å². The molecule has 4 rings (SSSR count). The predicted molar refractivity (Wildman–Crippen MR) is 90.5 cm³/mol. The first-order chi connectivity index (χ1) is 10.8. The topological polar surface area (TPSA) is 77.8 Å². The molecule has 6 atom stereocenters. The zero-order valence-electron chi connectivity index (χ0n) is 14.1. The minimum atomic E-state index is -4.64. The van der Waals surface area contributed by atoms with Crippen molar-refractivity contribution in [2.24, 2.45) is 35.0 Å². The maximum atomic E-state index is 8.88. The molecule has 132 valence electrons. The number of fused-ring (bicyclic) bond motifs is 5. The highest BCUT2D eigenvalue weighted by molar-refractivity contribution is 7.45. The Hall–Kier alpha value is -0.150. The van der Waals surface area contributed by atoms with Crippen molar-refractivity contribution in [3.8, 4) is 0 Å². The van der Waals surface area contributed by atoms with Crippen LogP contribution in [0.25, 0.3) is 0 Å². The molecular formula is C18H31O4P. The summed E-state index contributed by atoms with van der Waals surface area (Å²) in [4.78, 5) is 21.6. The summed E-state index contributed by atoms with van der Waals surface area (Å²) in [5, 5.41) is 0. The van der Waals surface area contributed by atoms with Gasteiger partial charge in [-0.1, -0.05) is 38.3 Å². The zero-order valence-corrected chi connectivity index (χ0v) is 15.0. The van der Waals surface area contributed by atoms with Crippen molar-refractivity contribution < 1.29 is 19.2 Å². The van der Waals surface area contributed by atoms with Gasteiger partial charge < -0.3 is 14.7 Å². The molecule has 4 nitrogen and oxygen atoms in total. The maximum Gasteiger partial charge on any atom is 0.466 e. The van der Waals surface area contributed by atoms with Crippen molar-refractivity contribution in [1.29, 1.82) is 0 Å². The zero-order chi connectivity index (χ0) is 16.7. The summed E-state index contributed by atoms with van der Waals surface area (Å²) in [6.45, 7) is 2.55. The van der Waals surface area contributed by atoms with Crippen LogP contribution in [0.4, 0.5) is 0 Å². The summed E-state index contributed by atoms with van der Waals surface area (Å²) < 4.78 is 8.88. The lowest BCUT2D eigenvalue weighted by Crippen LogP contribution is -2.46. The van der Waals surface area contributed by atoms with Crippen LogP contribution in [0.5, 0.6) is 0 Å². The van der Waals surface area contributed by atoms with Crippen molar-refractivity contribution in [2.45, 2.75) is 64.7 Å². The molecule has 3 fully saturated rings. The summed E-state index contributed by atoms with van der Waals surface area (Å²) in [7, 11) is -4.64. The first-order valence-electron chi connectivity index (χ1n) is 9.24. The van der Waals surface area contributed by atoms with Gasteiger partial charge in [0.15, 0.2) is 0 Å². The quantitative estimate of drug-likeness (QED) is 0.454. The van der Waals surface area contributed by atoms with E-state index in [0.717, 1.165) is 29.6 Å². The van der Waals surface area contributed by atoms with Gasteiger partial charge in [-0.2, -0.15) is 0 Å². The Kier molecular flexibility index (Phi) is 5.09. The lowest BCUT2D eigenvalue weighted by Gasteiger charge is -2.54. The number of rotatable bonds is 0. The summed E-state index contributed by atoms with van der Waals surface area (Å²) in [5.74, 6) is 5.46. The van der Waals surface area contributed by atoms with Gasteiger partial charge in [0, 0.05) is 0 Å². The van der Waals surface area contributed by atoms with Crippen molar-refractivity contribution >= 4 is 7.82 Å². The van der Waals surface area contributed by atoms with E-state index in [-0.39, 0.29) is 0 Å². The van der Waals surface area contributed by atoms with Crippen LogP contribution >= 0.6 is 7.82 Å². The van der Waals surface area contributed by atoms with Gasteiger partial charge in [0.1, 0.15) is 0 Å². The molecule has 23 heavy (non-hydrogen) atoms. The third kappa shape index (κ3) is 3.92. The minimum absolute atomic E-state index is 0.586. The fraction of sp³-hybridized carbons (Fsp3) is 0.889. The van der Waals surface area contributed by atoms with Crippen molar-refractivity contribution in [2.75, 3.05) is 0 Å². The average molecular weight is 342 g/mol. The fourth-order valence-corrected chi connectivity index (χ4v) is 6.31. The lowest BCUT2D eigenvalue weighted by atomic mass is 9.51. The van der Waals surface area contributed by atoms with Crippen LogP contribution < -0.4 is 0 Å². The molecule has 0 aromatic carbocycles. The van der Waals surface area contributed by atoms with Crippen LogP contribution in [0, 0.1) is 35.0 Å². The van der Waals surface area contributed by atoms with E-state index in [4.69, 9.17) is 19.2 Å². The normalized spacial score (nSPS) is 45.3. The number of hydrogen-bond donors (Lipinski definition) is 3. The Balaban J connectivity index is 0.000000276. The van der Waals surface area contributed by atoms with E-state index in [0.29, 0.717) is 5.41 Å². The number of allylic oxidation sites excluding steroid dienone is 2. The SMILES string of the molecule is C[C@@]12C=CC[C@H]1[C@@H]1CCC3CCCC[C@@H]3[C@H]1CC2.O=P(O)(O)O. The van der Waals surface area contributed by atoms with Gasteiger partial charge in [-0.25, -0.2) is 4.57 Å². The van der Waals surface area contributed by atoms with E-state index in [9.17, 15) is 0 Å². The van der Waals surface area contributed by atoms with Crippen molar-refractivity contribution in [3.63, 3.8) is 0 Å². The Bertz CT molecular complexity index is 491. The standard InChI is InChI=1S/C18H28.H3O4P/c1-18-11-4-7-17(18)16-9-8-13-5-2-3-6-14(13)15(16)10-12-18;1-5(2,3)4/h4,11,13-17H,2-3,5-10,12H2,1H3;(H3,1,2,3,4)/t13?,14-,15+,16+,17-,18-;/m0./s1. The van der Waals surface area contributed by atoms with E-state index in [2.05, 4.69) is 19.1 Å². The second kappa shape index (κ2) is 6.63. The molecule has 4 aliphatic rings. The Morgan fingerprint density at radius 1 is 0.957 bits per heavy atom.